The molecule has 9 heteroatoms. The Hall–Kier alpha value is -2.15. The smallest absolute Gasteiger partial charge is 0.269 e. The van der Waals surface area contributed by atoms with Crippen molar-refractivity contribution in [1.29, 1.82) is 0 Å². The minimum absolute atomic E-state index is 0.0100. The molecule has 0 aliphatic heterocycles. The first-order chi connectivity index (χ1) is 13.8. The molecule has 0 saturated heterocycles. The Balaban J connectivity index is 2.19. The van der Waals surface area contributed by atoms with Gasteiger partial charge in [0.25, 0.3) is 11.8 Å². The van der Waals surface area contributed by atoms with Crippen LogP contribution in [0.4, 0.5) is 5.82 Å². The summed E-state index contributed by atoms with van der Waals surface area (Å²) in [5.41, 5.74) is 0.362. The third kappa shape index (κ3) is 4.39. The molecule has 5 nitrogen and oxygen atoms in total. The number of aliphatic hydroxyl groups is 1. The molecule has 148 valence electrons. The molecule has 1 heterocycles. The van der Waals surface area contributed by atoms with Gasteiger partial charge in [-0.3, -0.25) is 9.59 Å². The van der Waals surface area contributed by atoms with E-state index in [-0.39, 0.29) is 43.6 Å². The molecule has 0 aliphatic carbocycles. The van der Waals surface area contributed by atoms with Gasteiger partial charge in [0.05, 0.1) is 37.8 Å². The van der Waals surface area contributed by atoms with Crippen molar-refractivity contribution in [3.8, 4) is 0 Å². The lowest BCUT2D eigenvalue weighted by atomic mass is 10.1. The zero-order chi connectivity index (χ0) is 21.1. The van der Waals surface area contributed by atoms with E-state index in [0.717, 1.165) is 4.90 Å². The standard InChI is InChI=1S/C20H12Cl4N2O3/c21-12-3-1-4-13(22)17(12)19(28)26(16-8-7-11(10-27)9-25-16)20(29)18-14(23)5-2-6-15(18)24/h1-9,27H,10H2. The van der Waals surface area contributed by atoms with Gasteiger partial charge in [0.2, 0.25) is 0 Å². The molecule has 0 spiro atoms. The Morgan fingerprint density at radius 3 is 1.59 bits per heavy atom. The highest BCUT2D eigenvalue weighted by atomic mass is 35.5. The van der Waals surface area contributed by atoms with Crippen LogP contribution in [0.3, 0.4) is 0 Å². The molecule has 1 N–H and O–H groups in total. The molecule has 0 fully saturated rings. The fourth-order valence-corrected chi connectivity index (χ4v) is 3.69. The Labute approximate surface area is 186 Å². The quantitative estimate of drug-likeness (QED) is 0.499. The lowest BCUT2D eigenvalue weighted by Gasteiger charge is -2.22. The number of anilines is 1. The Bertz CT molecular complexity index is 984. The van der Waals surface area contributed by atoms with Gasteiger partial charge in [0.1, 0.15) is 5.82 Å². The molecule has 0 atom stereocenters. The summed E-state index contributed by atoms with van der Waals surface area (Å²) in [6, 6.07) is 12.0. The maximum Gasteiger partial charge on any atom is 0.269 e. The van der Waals surface area contributed by atoms with Crippen LogP contribution in [0.25, 0.3) is 0 Å². The third-order valence-corrected chi connectivity index (χ3v) is 5.24. The van der Waals surface area contributed by atoms with Gasteiger partial charge in [-0.05, 0) is 35.9 Å². The zero-order valence-corrected chi connectivity index (χ0v) is 17.6. The molecule has 0 radical (unpaired) electrons. The van der Waals surface area contributed by atoms with Crippen molar-refractivity contribution in [3.05, 3.63) is 91.5 Å². The molecule has 2 amide bonds. The van der Waals surface area contributed by atoms with Crippen molar-refractivity contribution in [2.75, 3.05) is 4.90 Å². The Morgan fingerprint density at radius 1 is 0.793 bits per heavy atom. The summed E-state index contributed by atoms with van der Waals surface area (Å²) in [5.74, 6) is -1.61. The summed E-state index contributed by atoms with van der Waals surface area (Å²) in [6.07, 6.45) is 1.34. The number of amides is 2. The number of carbonyl (C=O) groups is 2. The molecular weight excluding hydrogens is 458 g/mol. The van der Waals surface area contributed by atoms with Crippen LogP contribution in [0, 0.1) is 0 Å². The average Bonchev–Trinajstić information content (AvgIpc) is 2.68. The molecule has 0 saturated carbocycles. The van der Waals surface area contributed by atoms with Gasteiger partial charge in [-0.1, -0.05) is 64.6 Å². The summed E-state index contributed by atoms with van der Waals surface area (Å²) in [6.45, 7) is -0.248. The first kappa shape index (κ1) is 21.6. The lowest BCUT2D eigenvalue weighted by molar-refractivity contribution is 0.0897. The number of hydrogen-bond acceptors (Lipinski definition) is 4. The van der Waals surface area contributed by atoms with Crippen molar-refractivity contribution in [2.45, 2.75) is 6.61 Å². The second kappa shape index (κ2) is 9.11. The lowest BCUT2D eigenvalue weighted by Crippen LogP contribution is -2.38. The molecule has 3 rings (SSSR count). The van der Waals surface area contributed by atoms with Crippen LogP contribution in [0.15, 0.2) is 54.7 Å². The molecule has 3 aromatic rings. The van der Waals surface area contributed by atoms with Crippen LogP contribution in [-0.4, -0.2) is 21.9 Å². The van der Waals surface area contributed by atoms with Gasteiger partial charge in [0.15, 0.2) is 0 Å². The number of carbonyl (C=O) groups excluding carboxylic acids is 2. The number of pyridine rings is 1. The van der Waals surface area contributed by atoms with Gasteiger partial charge >= 0.3 is 0 Å². The third-order valence-electron chi connectivity index (χ3n) is 3.98. The van der Waals surface area contributed by atoms with Crippen molar-refractivity contribution in [1.82, 2.24) is 4.98 Å². The fourth-order valence-electron chi connectivity index (χ4n) is 2.57. The first-order valence-corrected chi connectivity index (χ1v) is 9.69. The minimum Gasteiger partial charge on any atom is -0.392 e. The number of aromatic nitrogens is 1. The molecule has 1 aromatic heterocycles. The number of imide groups is 1. The maximum absolute atomic E-state index is 13.3. The van der Waals surface area contributed by atoms with E-state index in [1.807, 2.05) is 0 Å². The van der Waals surface area contributed by atoms with Gasteiger partial charge < -0.3 is 5.11 Å². The monoisotopic (exact) mass is 468 g/mol. The highest BCUT2D eigenvalue weighted by Crippen LogP contribution is 2.31. The Morgan fingerprint density at radius 2 is 1.24 bits per heavy atom. The number of hydrogen-bond donors (Lipinski definition) is 1. The van der Waals surface area contributed by atoms with Crippen LogP contribution < -0.4 is 4.90 Å². The fraction of sp³-hybridized carbons (Fsp3) is 0.0500. The molecule has 0 unspecified atom stereocenters. The molecule has 0 bridgehead atoms. The minimum atomic E-state index is -0.800. The molecular formula is C20H12Cl4N2O3. The number of aliphatic hydroxyl groups excluding tert-OH is 1. The van der Waals surface area contributed by atoms with E-state index in [2.05, 4.69) is 4.98 Å². The van der Waals surface area contributed by atoms with Crippen molar-refractivity contribution < 1.29 is 14.7 Å². The average molecular weight is 470 g/mol. The van der Waals surface area contributed by atoms with Crippen molar-refractivity contribution >= 4 is 64.0 Å². The van der Waals surface area contributed by atoms with Gasteiger partial charge in [-0.2, -0.15) is 0 Å². The first-order valence-electron chi connectivity index (χ1n) is 8.17. The van der Waals surface area contributed by atoms with E-state index in [1.54, 1.807) is 12.1 Å². The van der Waals surface area contributed by atoms with E-state index >= 15 is 0 Å². The summed E-state index contributed by atoms with van der Waals surface area (Å²) in [5, 5.41) is 9.50. The van der Waals surface area contributed by atoms with Gasteiger partial charge in [-0.15, -0.1) is 0 Å². The summed E-state index contributed by atoms with van der Waals surface area (Å²) in [7, 11) is 0. The van der Waals surface area contributed by atoms with E-state index in [0.29, 0.717) is 5.56 Å². The van der Waals surface area contributed by atoms with E-state index in [4.69, 9.17) is 46.4 Å². The maximum atomic E-state index is 13.3. The second-order valence-electron chi connectivity index (χ2n) is 5.82. The van der Waals surface area contributed by atoms with E-state index < -0.39 is 11.8 Å². The SMILES string of the molecule is O=C(c1c(Cl)cccc1Cl)N(C(=O)c1c(Cl)cccc1Cl)c1ccc(CO)cn1. The summed E-state index contributed by atoms with van der Waals surface area (Å²) >= 11 is 24.7. The van der Waals surface area contributed by atoms with E-state index in [1.165, 1.54) is 42.6 Å². The van der Waals surface area contributed by atoms with Crippen LogP contribution >= 0.6 is 46.4 Å². The number of nitrogens with zero attached hydrogens (tertiary/aromatic N) is 2. The Kier molecular flexibility index (Phi) is 6.77. The van der Waals surface area contributed by atoms with Crippen LogP contribution in [0.2, 0.25) is 20.1 Å². The predicted octanol–water partition coefficient (Wildman–Crippen LogP) is 5.67. The number of rotatable bonds is 4. The van der Waals surface area contributed by atoms with Crippen LogP contribution in [0.5, 0.6) is 0 Å². The van der Waals surface area contributed by atoms with Crippen molar-refractivity contribution in [2.24, 2.45) is 0 Å². The van der Waals surface area contributed by atoms with Crippen molar-refractivity contribution in [3.63, 3.8) is 0 Å². The second-order valence-corrected chi connectivity index (χ2v) is 7.45. The number of halogens is 4. The van der Waals surface area contributed by atoms with Gasteiger partial charge in [-0.25, -0.2) is 9.88 Å². The van der Waals surface area contributed by atoms with E-state index in [9.17, 15) is 14.7 Å². The normalized spacial score (nSPS) is 10.7. The number of benzene rings is 2. The van der Waals surface area contributed by atoms with Gasteiger partial charge in [0, 0.05) is 6.20 Å². The molecule has 2 aromatic carbocycles. The van der Waals surface area contributed by atoms with Crippen LogP contribution in [-0.2, 0) is 6.61 Å². The predicted molar refractivity (Wildman–Crippen MR) is 114 cm³/mol. The molecule has 0 aliphatic rings. The largest absolute Gasteiger partial charge is 0.392 e. The highest BCUT2D eigenvalue weighted by molar-refractivity contribution is 6.45. The highest BCUT2D eigenvalue weighted by Gasteiger charge is 2.32. The summed E-state index contributed by atoms with van der Waals surface area (Å²) in [4.78, 5) is 31.6. The molecule has 29 heavy (non-hydrogen) atoms. The topological polar surface area (TPSA) is 70.5 Å². The summed E-state index contributed by atoms with van der Waals surface area (Å²) < 4.78 is 0. The van der Waals surface area contributed by atoms with Crippen LogP contribution in [0.1, 0.15) is 26.3 Å². The zero-order valence-electron chi connectivity index (χ0n) is 14.6.